The van der Waals surface area contributed by atoms with E-state index in [0.717, 1.165) is 0 Å². The van der Waals surface area contributed by atoms with Crippen LogP contribution in [0.1, 0.15) is 20.8 Å². The Kier molecular flexibility index (Phi) is 3.02. The summed E-state index contributed by atoms with van der Waals surface area (Å²) in [7, 11) is 0. The maximum absolute atomic E-state index is 11.6. The Hall–Kier alpha value is -1.52. The minimum absolute atomic E-state index is 0.0535. The summed E-state index contributed by atoms with van der Waals surface area (Å²) in [6.07, 6.45) is 0.764. The van der Waals surface area contributed by atoms with E-state index in [4.69, 9.17) is 10.5 Å². The molecule has 0 radical (unpaired) electrons. The molecule has 5 nitrogen and oxygen atoms in total. The third-order valence-corrected chi connectivity index (χ3v) is 1.91. The molecule has 1 aliphatic heterocycles. The molecule has 1 saturated heterocycles. The highest BCUT2D eigenvalue weighted by Crippen LogP contribution is 2.15. The number of rotatable bonds is 0. The summed E-state index contributed by atoms with van der Waals surface area (Å²) < 4.78 is 5.13. The van der Waals surface area contributed by atoms with E-state index in [0.29, 0.717) is 5.57 Å². The number of carbonyl (C=O) groups is 2. The Labute approximate surface area is 88.9 Å². The molecular formula is C10H16N2O3. The second-order valence-electron chi connectivity index (χ2n) is 4.45. The van der Waals surface area contributed by atoms with Gasteiger partial charge >= 0.3 is 6.09 Å². The molecule has 1 amide bonds. The summed E-state index contributed by atoms with van der Waals surface area (Å²) in [5.41, 5.74) is 5.16. The van der Waals surface area contributed by atoms with Gasteiger partial charge in [-0.05, 0) is 20.8 Å². The predicted molar refractivity (Wildman–Crippen MR) is 55.1 cm³/mol. The lowest BCUT2D eigenvalue weighted by molar-refractivity contribution is -0.114. The van der Waals surface area contributed by atoms with E-state index in [1.807, 2.05) is 0 Å². The lowest BCUT2D eigenvalue weighted by Crippen LogP contribution is -2.35. The molecule has 0 aromatic heterocycles. The first-order valence-corrected chi connectivity index (χ1v) is 4.75. The van der Waals surface area contributed by atoms with Crippen molar-refractivity contribution in [2.45, 2.75) is 26.4 Å². The third-order valence-electron chi connectivity index (χ3n) is 1.91. The highest BCUT2D eigenvalue weighted by Gasteiger charge is 2.31. The van der Waals surface area contributed by atoms with E-state index in [9.17, 15) is 9.59 Å². The predicted octanol–water partition coefficient (Wildman–Crippen LogP) is 0.649. The molecule has 0 aliphatic carbocycles. The average Bonchev–Trinajstić information content (AvgIpc) is 2.43. The van der Waals surface area contributed by atoms with Crippen LogP contribution in [0.25, 0.3) is 0 Å². The number of hydrogen-bond donors (Lipinski definition) is 1. The van der Waals surface area contributed by atoms with E-state index < -0.39 is 11.7 Å². The lowest BCUT2D eigenvalue weighted by atomic mass is 10.2. The van der Waals surface area contributed by atoms with Gasteiger partial charge in [0, 0.05) is 11.8 Å². The topological polar surface area (TPSA) is 72.6 Å². The van der Waals surface area contributed by atoms with Gasteiger partial charge in [0.25, 0.3) is 0 Å². The molecule has 0 aromatic rings. The number of ether oxygens (including phenoxy) is 1. The smallest absolute Gasteiger partial charge is 0.411 e. The molecule has 0 saturated carbocycles. The van der Waals surface area contributed by atoms with E-state index in [2.05, 4.69) is 0 Å². The number of hydrogen-bond acceptors (Lipinski definition) is 4. The van der Waals surface area contributed by atoms with Crippen molar-refractivity contribution >= 4 is 11.9 Å². The van der Waals surface area contributed by atoms with Crippen molar-refractivity contribution in [2.24, 2.45) is 5.73 Å². The Morgan fingerprint density at radius 2 is 2.07 bits per heavy atom. The van der Waals surface area contributed by atoms with E-state index in [1.165, 1.54) is 11.1 Å². The maximum Gasteiger partial charge on any atom is 0.411 e. The number of carbonyl (C=O) groups excluding carboxylic acids is 2. The van der Waals surface area contributed by atoms with Crippen molar-refractivity contribution in [2.75, 3.05) is 13.1 Å². The van der Waals surface area contributed by atoms with Gasteiger partial charge in [0.2, 0.25) is 0 Å². The zero-order chi connectivity index (χ0) is 11.6. The summed E-state index contributed by atoms with van der Waals surface area (Å²) in [4.78, 5) is 24.2. The largest absolute Gasteiger partial charge is 0.444 e. The molecule has 0 atom stereocenters. The summed E-state index contributed by atoms with van der Waals surface area (Å²) >= 11 is 0. The molecule has 84 valence electrons. The molecule has 1 aliphatic rings. The molecule has 5 heteroatoms. The van der Waals surface area contributed by atoms with Gasteiger partial charge in [-0.25, -0.2) is 4.79 Å². The van der Waals surface area contributed by atoms with E-state index in [-0.39, 0.29) is 18.9 Å². The fourth-order valence-electron chi connectivity index (χ4n) is 1.23. The van der Waals surface area contributed by atoms with E-state index in [1.54, 1.807) is 20.8 Å². The number of likely N-dealkylation sites (tertiary alicyclic amines) is 1. The quantitative estimate of drug-likeness (QED) is 0.598. The average molecular weight is 212 g/mol. The highest BCUT2D eigenvalue weighted by atomic mass is 16.6. The number of nitrogens with two attached hydrogens (primary N) is 1. The first kappa shape index (κ1) is 11.6. The van der Waals surface area contributed by atoms with Crippen LogP contribution in [-0.4, -0.2) is 35.5 Å². The molecule has 1 rings (SSSR count). The zero-order valence-electron chi connectivity index (χ0n) is 9.24. The monoisotopic (exact) mass is 212 g/mol. The zero-order valence-corrected chi connectivity index (χ0v) is 9.24. The first-order valence-electron chi connectivity index (χ1n) is 4.75. The molecule has 0 bridgehead atoms. The second-order valence-corrected chi connectivity index (χ2v) is 4.45. The van der Waals surface area contributed by atoms with Gasteiger partial charge in [-0.2, -0.15) is 0 Å². The SMILES string of the molecule is CC(C)(C)OC(=O)N1CC(=O)/C(=C/N)C1. The van der Waals surface area contributed by atoms with Crippen LogP contribution in [0.3, 0.4) is 0 Å². The molecular weight excluding hydrogens is 196 g/mol. The van der Waals surface area contributed by atoms with Gasteiger partial charge in [0.05, 0.1) is 13.1 Å². The third kappa shape index (κ3) is 2.97. The van der Waals surface area contributed by atoms with Gasteiger partial charge in [0.15, 0.2) is 5.78 Å². The number of Topliss-reactive ketones (excluding diaryl/α,β-unsaturated/α-hetero) is 1. The van der Waals surface area contributed by atoms with Crippen molar-refractivity contribution < 1.29 is 14.3 Å². The summed E-state index contributed by atoms with van der Waals surface area (Å²) in [5.74, 6) is -0.122. The Balaban J connectivity index is 2.62. The van der Waals surface area contributed by atoms with Gasteiger partial charge in [-0.3, -0.25) is 9.69 Å². The van der Waals surface area contributed by atoms with Gasteiger partial charge < -0.3 is 10.5 Å². The van der Waals surface area contributed by atoms with Crippen molar-refractivity contribution in [3.05, 3.63) is 11.8 Å². The van der Waals surface area contributed by atoms with E-state index >= 15 is 0 Å². The lowest BCUT2D eigenvalue weighted by Gasteiger charge is -2.23. The standard InChI is InChI=1S/C10H16N2O3/c1-10(2,3)15-9(14)12-5-7(4-11)8(13)6-12/h4H,5-6,11H2,1-3H3/b7-4+. The normalized spacial score (nSPS) is 19.8. The molecule has 0 spiro atoms. The Bertz CT molecular complexity index is 315. The fraction of sp³-hybridized carbons (Fsp3) is 0.600. The van der Waals surface area contributed by atoms with Crippen molar-refractivity contribution in [1.82, 2.24) is 4.90 Å². The Morgan fingerprint density at radius 3 is 2.47 bits per heavy atom. The maximum atomic E-state index is 11.6. The molecule has 1 heterocycles. The van der Waals surface area contributed by atoms with Crippen LogP contribution >= 0.6 is 0 Å². The molecule has 2 N–H and O–H groups in total. The molecule has 1 fully saturated rings. The summed E-state index contributed by atoms with van der Waals surface area (Å²) in [6.45, 7) is 5.63. The van der Waals surface area contributed by atoms with Gasteiger partial charge in [0.1, 0.15) is 5.60 Å². The second kappa shape index (κ2) is 3.92. The van der Waals surface area contributed by atoms with Crippen molar-refractivity contribution in [1.29, 1.82) is 0 Å². The summed E-state index contributed by atoms with van der Waals surface area (Å²) in [6, 6.07) is 0. The van der Waals surface area contributed by atoms with Crippen molar-refractivity contribution in [3.8, 4) is 0 Å². The Morgan fingerprint density at radius 1 is 1.47 bits per heavy atom. The molecule has 0 aromatic carbocycles. The number of nitrogens with zero attached hydrogens (tertiary/aromatic N) is 1. The minimum atomic E-state index is -0.546. The van der Waals surface area contributed by atoms with Crippen LogP contribution < -0.4 is 5.73 Å². The summed E-state index contributed by atoms with van der Waals surface area (Å²) in [5, 5.41) is 0. The van der Waals surface area contributed by atoms with Crippen LogP contribution in [-0.2, 0) is 9.53 Å². The van der Waals surface area contributed by atoms with Crippen LogP contribution in [0.5, 0.6) is 0 Å². The molecule has 0 unspecified atom stereocenters. The van der Waals surface area contributed by atoms with Gasteiger partial charge in [-0.15, -0.1) is 0 Å². The van der Waals surface area contributed by atoms with Crippen LogP contribution in [0, 0.1) is 0 Å². The van der Waals surface area contributed by atoms with Gasteiger partial charge in [-0.1, -0.05) is 0 Å². The minimum Gasteiger partial charge on any atom is -0.444 e. The number of ketones is 1. The van der Waals surface area contributed by atoms with Crippen LogP contribution in [0.4, 0.5) is 4.79 Å². The highest BCUT2D eigenvalue weighted by molar-refractivity contribution is 6.01. The fourth-order valence-corrected chi connectivity index (χ4v) is 1.23. The molecule has 15 heavy (non-hydrogen) atoms. The van der Waals surface area contributed by atoms with Crippen LogP contribution in [0.15, 0.2) is 11.8 Å². The van der Waals surface area contributed by atoms with Crippen LogP contribution in [0.2, 0.25) is 0 Å². The van der Waals surface area contributed by atoms with Crippen molar-refractivity contribution in [3.63, 3.8) is 0 Å². The number of amides is 1. The first-order chi connectivity index (χ1) is 6.83.